The lowest BCUT2D eigenvalue weighted by Gasteiger charge is -2.13. The third-order valence-electron chi connectivity index (χ3n) is 2.49. The molecule has 5 nitrogen and oxygen atoms in total. The van der Waals surface area contributed by atoms with Crippen molar-refractivity contribution in [2.75, 3.05) is 5.32 Å². The van der Waals surface area contributed by atoms with E-state index in [1.54, 1.807) is 0 Å². The molecule has 0 radical (unpaired) electrons. The van der Waals surface area contributed by atoms with Crippen LogP contribution in [-0.4, -0.2) is 23.1 Å². The van der Waals surface area contributed by atoms with Gasteiger partial charge in [-0.25, -0.2) is 9.59 Å². The maximum Gasteiger partial charge on any atom is 0.335 e. The first-order chi connectivity index (χ1) is 9.46. The topological polar surface area (TPSA) is 78.4 Å². The number of carbonyl (C=O) groups is 2. The zero-order valence-corrected chi connectivity index (χ0v) is 11.7. The van der Waals surface area contributed by atoms with E-state index in [2.05, 4.69) is 16.6 Å². The summed E-state index contributed by atoms with van der Waals surface area (Å²) in [6.07, 6.45) is 6.81. The van der Waals surface area contributed by atoms with Crippen LogP contribution in [0.5, 0.6) is 0 Å². The van der Waals surface area contributed by atoms with Crippen molar-refractivity contribution in [3.05, 3.63) is 28.8 Å². The molecule has 1 rings (SSSR count). The van der Waals surface area contributed by atoms with Crippen molar-refractivity contribution in [3.8, 4) is 12.3 Å². The SMILES string of the molecule is C#CC(CCC)NC(=O)Nc1cc(Cl)cc(C(=O)O)c1. The summed E-state index contributed by atoms with van der Waals surface area (Å²) >= 11 is 5.79. The lowest BCUT2D eigenvalue weighted by atomic mass is 10.2. The number of urea groups is 1. The molecule has 0 aliphatic rings. The largest absolute Gasteiger partial charge is 0.478 e. The molecule has 0 fully saturated rings. The molecule has 20 heavy (non-hydrogen) atoms. The first-order valence-electron chi connectivity index (χ1n) is 6.03. The van der Waals surface area contributed by atoms with Crippen molar-refractivity contribution < 1.29 is 14.7 Å². The molecule has 2 amide bonds. The Labute approximate surface area is 122 Å². The number of aromatic carboxylic acids is 1. The number of halogens is 1. The second-order valence-corrected chi connectivity index (χ2v) is 4.58. The van der Waals surface area contributed by atoms with Crippen LogP contribution < -0.4 is 10.6 Å². The van der Waals surface area contributed by atoms with E-state index in [4.69, 9.17) is 23.1 Å². The van der Waals surface area contributed by atoms with Gasteiger partial charge in [0.25, 0.3) is 0 Å². The van der Waals surface area contributed by atoms with Crippen molar-refractivity contribution in [2.24, 2.45) is 0 Å². The van der Waals surface area contributed by atoms with Crippen molar-refractivity contribution in [2.45, 2.75) is 25.8 Å². The van der Waals surface area contributed by atoms with Crippen molar-refractivity contribution >= 4 is 29.3 Å². The van der Waals surface area contributed by atoms with Gasteiger partial charge in [0, 0.05) is 10.7 Å². The van der Waals surface area contributed by atoms with Gasteiger partial charge in [-0.3, -0.25) is 0 Å². The number of benzene rings is 1. The van der Waals surface area contributed by atoms with Crippen LogP contribution in [0.3, 0.4) is 0 Å². The molecule has 106 valence electrons. The van der Waals surface area contributed by atoms with E-state index in [0.717, 1.165) is 6.42 Å². The van der Waals surface area contributed by atoms with Gasteiger partial charge in [-0.15, -0.1) is 6.42 Å². The molecule has 3 N–H and O–H groups in total. The second kappa shape index (κ2) is 7.41. The van der Waals surface area contributed by atoms with Gasteiger partial charge in [0.2, 0.25) is 0 Å². The Bertz CT molecular complexity index is 552. The minimum absolute atomic E-state index is 0.00476. The molecule has 0 aliphatic heterocycles. The van der Waals surface area contributed by atoms with Gasteiger partial charge in [0.1, 0.15) is 0 Å². The average molecular weight is 295 g/mol. The summed E-state index contributed by atoms with van der Waals surface area (Å²) in [4.78, 5) is 22.6. The fourth-order valence-electron chi connectivity index (χ4n) is 1.60. The minimum Gasteiger partial charge on any atom is -0.478 e. The Balaban J connectivity index is 2.76. The monoisotopic (exact) mass is 294 g/mol. The molecule has 0 saturated carbocycles. The Kier molecular flexibility index (Phi) is 5.88. The maximum atomic E-state index is 11.7. The van der Waals surface area contributed by atoms with Gasteiger partial charge < -0.3 is 15.7 Å². The Hall–Kier alpha value is -2.19. The lowest BCUT2D eigenvalue weighted by Crippen LogP contribution is -2.37. The number of hydrogen-bond acceptors (Lipinski definition) is 2. The van der Waals surface area contributed by atoms with E-state index in [9.17, 15) is 9.59 Å². The van der Waals surface area contributed by atoms with E-state index in [1.165, 1.54) is 18.2 Å². The molecule has 0 aliphatic carbocycles. The molecule has 0 spiro atoms. The van der Waals surface area contributed by atoms with Crippen LogP contribution in [0.1, 0.15) is 30.1 Å². The second-order valence-electron chi connectivity index (χ2n) is 4.14. The molecule has 0 bridgehead atoms. The number of amides is 2. The molecule has 1 aromatic rings. The Morgan fingerprint density at radius 1 is 1.45 bits per heavy atom. The van der Waals surface area contributed by atoms with Crippen LogP contribution in [0.2, 0.25) is 5.02 Å². The van der Waals surface area contributed by atoms with Gasteiger partial charge in [-0.2, -0.15) is 0 Å². The van der Waals surface area contributed by atoms with Gasteiger partial charge in [0.15, 0.2) is 0 Å². The van der Waals surface area contributed by atoms with Gasteiger partial charge in [-0.1, -0.05) is 30.9 Å². The maximum absolute atomic E-state index is 11.7. The van der Waals surface area contributed by atoms with Crippen LogP contribution in [-0.2, 0) is 0 Å². The predicted octanol–water partition coefficient (Wildman–Crippen LogP) is 2.96. The summed E-state index contributed by atoms with van der Waals surface area (Å²) in [5, 5.41) is 14.2. The van der Waals surface area contributed by atoms with E-state index in [0.29, 0.717) is 12.1 Å². The van der Waals surface area contributed by atoms with Crippen LogP contribution in [0, 0.1) is 12.3 Å². The normalized spacial score (nSPS) is 11.2. The molecule has 1 aromatic carbocycles. The standard InChI is InChI=1S/C14H15ClN2O3/c1-3-5-11(4-2)16-14(20)17-12-7-9(13(18)19)6-10(15)8-12/h2,6-8,11H,3,5H2,1H3,(H,18,19)(H2,16,17,20). The van der Waals surface area contributed by atoms with Gasteiger partial charge >= 0.3 is 12.0 Å². The van der Waals surface area contributed by atoms with E-state index >= 15 is 0 Å². The molecule has 0 heterocycles. The van der Waals surface area contributed by atoms with Crippen LogP contribution in [0.25, 0.3) is 0 Å². The summed E-state index contributed by atoms with van der Waals surface area (Å²) in [7, 11) is 0. The number of carboxylic acid groups (broad SMARTS) is 1. The van der Waals surface area contributed by atoms with E-state index in [1.807, 2.05) is 6.92 Å². The Morgan fingerprint density at radius 3 is 2.70 bits per heavy atom. The molecular weight excluding hydrogens is 280 g/mol. The number of carbonyl (C=O) groups excluding carboxylic acids is 1. The smallest absolute Gasteiger partial charge is 0.335 e. The third-order valence-corrected chi connectivity index (χ3v) is 2.70. The highest BCUT2D eigenvalue weighted by atomic mass is 35.5. The average Bonchev–Trinajstić information content (AvgIpc) is 2.37. The van der Waals surface area contributed by atoms with Crippen molar-refractivity contribution in [1.29, 1.82) is 0 Å². The highest BCUT2D eigenvalue weighted by molar-refractivity contribution is 6.31. The third kappa shape index (κ3) is 4.82. The molecule has 0 aromatic heterocycles. The van der Waals surface area contributed by atoms with Crippen LogP contribution in [0.4, 0.5) is 10.5 Å². The molecule has 6 heteroatoms. The summed E-state index contributed by atoms with van der Waals surface area (Å²) in [5.74, 6) is 1.35. The van der Waals surface area contributed by atoms with Gasteiger partial charge in [-0.05, 0) is 24.6 Å². The zero-order valence-electron chi connectivity index (χ0n) is 10.9. The van der Waals surface area contributed by atoms with Crippen LogP contribution >= 0.6 is 11.6 Å². The minimum atomic E-state index is -1.12. The molecule has 0 saturated heterocycles. The summed E-state index contributed by atoms with van der Waals surface area (Å²) in [6, 6.07) is 3.21. The highest BCUT2D eigenvalue weighted by Crippen LogP contribution is 2.19. The summed E-state index contributed by atoms with van der Waals surface area (Å²) in [5.41, 5.74) is 0.287. The number of anilines is 1. The Morgan fingerprint density at radius 2 is 2.15 bits per heavy atom. The fourth-order valence-corrected chi connectivity index (χ4v) is 1.83. The number of rotatable bonds is 5. The van der Waals surface area contributed by atoms with E-state index in [-0.39, 0.29) is 16.6 Å². The quantitative estimate of drug-likeness (QED) is 0.731. The van der Waals surface area contributed by atoms with Gasteiger partial charge in [0.05, 0.1) is 11.6 Å². The van der Waals surface area contributed by atoms with Crippen molar-refractivity contribution in [3.63, 3.8) is 0 Å². The van der Waals surface area contributed by atoms with E-state index < -0.39 is 12.0 Å². The molecule has 1 unspecified atom stereocenters. The first-order valence-corrected chi connectivity index (χ1v) is 6.41. The highest BCUT2D eigenvalue weighted by Gasteiger charge is 2.11. The fraction of sp³-hybridized carbons (Fsp3) is 0.286. The number of nitrogens with one attached hydrogen (secondary N) is 2. The van der Waals surface area contributed by atoms with Crippen molar-refractivity contribution in [1.82, 2.24) is 5.32 Å². The number of carboxylic acids is 1. The molecule has 1 atom stereocenters. The summed E-state index contributed by atoms with van der Waals surface area (Å²) in [6.45, 7) is 1.96. The molecular formula is C14H15ClN2O3. The zero-order chi connectivity index (χ0) is 15.1. The lowest BCUT2D eigenvalue weighted by molar-refractivity contribution is 0.0697. The predicted molar refractivity (Wildman–Crippen MR) is 78.1 cm³/mol. The first kappa shape index (κ1) is 15.9. The summed E-state index contributed by atoms with van der Waals surface area (Å²) < 4.78 is 0. The number of hydrogen-bond donors (Lipinski definition) is 3. The van der Waals surface area contributed by atoms with Crippen LogP contribution in [0.15, 0.2) is 18.2 Å². The number of terminal acetylenes is 1.